The van der Waals surface area contributed by atoms with Crippen LogP contribution in [0.4, 0.5) is 11.4 Å². The number of pyridine rings is 1. The minimum atomic E-state index is -0.252. The third-order valence-corrected chi connectivity index (χ3v) is 6.21. The molecule has 0 unspecified atom stereocenters. The van der Waals surface area contributed by atoms with Crippen LogP contribution in [0.3, 0.4) is 0 Å². The van der Waals surface area contributed by atoms with Crippen molar-refractivity contribution >= 4 is 54.8 Å². The summed E-state index contributed by atoms with van der Waals surface area (Å²) in [7, 11) is 0. The van der Waals surface area contributed by atoms with Gasteiger partial charge in [-0.25, -0.2) is 4.98 Å². The highest BCUT2D eigenvalue weighted by Gasteiger charge is 2.19. The zero-order chi connectivity index (χ0) is 20.0. The van der Waals surface area contributed by atoms with Gasteiger partial charge in [-0.15, -0.1) is 11.3 Å². The molecule has 2 aromatic carbocycles. The number of nitrogens with zero attached hydrogens (tertiary/aromatic N) is 1. The molecule has 0 aliphatic carbocycles. The number of nitrogens with one attached hydrogen (secondary N) is 1. The van der Waals surface area contributed by atoms with Crippen LogP contribution in [0.5, 0.6) is 11.5 Å². The molecule has 0 spiro atoms. The van der Waals surface area contributed by atoms with Gasteiger partial charge in [0.1, 0.15) is 9.71 Å². The Labute approximate surface area is 178 Å². The maximum Gasteiger partial charge on any atom is 0.267 e. The molecular formula is C21H14BrN3O3S. The molecule has 0 bridgehead atoms. The van der Waals surface area contributed by atoms with Crippen LogP contribution < -0.4 is 20.5 Å². The average molecular weight is 468 g/mol. The second-order valence-electron chi connectivity index (χ2n) is 6.42. The Balaban J connectivity index is 1.48. The molecule has 2 aromatic heterocycles. The molecule has 1 aliphatic heterocycles. The van der Waals surface area contributed by atoms with Crippen LogP contribution in [-0.2, 0) is 0 Å². The van der Waals surface area contributed by atoms with Crippen molar-refractivity contribution in [1.82, 2.24) is 4.98 Å². The van der Waals surface area contributed by atoms with Crippen LogP contribution in [0.1, 0.15) is 9.67 Å². The summed E-state index contributed by atoms with van der Waals surface area (Å²) in [5.41, 5.74) is 9.06. The zero-order valence-corrected chi connectivity index (χ0v) is 17.3. The van der Waals surface area contributed by atoms with Gasteiger partial charge in [0.15, 0.2) is 11.5 Å². The topological polar surface area (TPSA) is 86.5 Å². The fourth-order valence-electron chi connectivity index (χ4n) is 3.10. The van der Waals surface area contributed by atoms with Gasteiger partial charge in [-0.1, -0.05) is 15.9 Å². The Hall–Kier alpha value is -3.10. The van der Waals surface area contributed by atoms with Crippen molar-refractivity contribution in [2.75, 3.05) is 17.8 Å². The number of hydrogen-bond donors (Lipinski definition) is 2. The molecule has 144 valence electrons. The summed E-state index contributed by atoms with van der Waals surface area (Å²) in [6, 6.07) is 16.8. The first-order valence-corrected chi connectivity index (χ1v) is 10.4. The zero-order valence-electron chi connectivity index (χ0n) is 14.9. The van der Waals surface area contributed by atoms with E-state index in [4.69, 9.17) is 20.2 Å². The number of nitrogens with two attached hydrogens (primary N) is 1. The van der Waals surface area contributed by atoms with Gasteiger partial charge in [-0.2, -0.15) is 0 Å². The third kappa shape index (κ3) is 3.30. The van der Waals surface area contributed by atoms with Gasteiger partial charge < -0.3 is 20.5 Å². The van der Waals surface area contributed by atoms with Crippen molar-refractivity contribution in [3.8, 4) is 22.8 Å². The van der Waals surface area contributed by atoms with E-state index in [0.29, 0.717) is 26.8 Å². The highest BCUT2D eigenvalue weighted by atomic mass is 79.9. The van der Waals surface area contributed by atoms with E-state index in [9.17, 15) is 4.79 Å². The molecule has 0 atom stereocenters. The van der Waals surface area contributed by atoms with E-state index in [1.165, 1.54) is 11.3 Å². The van der Waals surface area contributed by atoms with Gasteiger partial charge in [0.2, 0.25) is 6.79 Å². The molecule has 3 heterocycles. The molecule has 0 radical (unpaired) electrons. The number of ether oxygens (including phenoxy) is 2. The molecule has 6 nitrogen and oxygen atoms in total. The van der Waals surface area contributed by atoms with Crippen LogP contribution in [0.25, 0.3) is 21.5 Å². The summed E-state index contributed by atoms with van der Waals surface area (Å²) in [5, 5.41) is 3.64. The van der Waals surface area contributed by atoms with E-state index in [2.05, 4.69) is 21.2 Å². The van der Waals surface area contributed by atoms with E-state index in [1.807, 2.05) is 54.6 Å². The highest BCUT2D eigenvalue weighted by Crippen LogP contribution is 2.38. The van der Waals surface area contributed by atoms with Gasteiger partial charge in [-0.3, -0.25) is 4.79 Å². The summed E-state index contributed by atoms with van der Waals surface area (Å²) in [4.78, 5) is 18.6. The Bertz CT molecular complexity index is 1250. The summed E-state index contributed by atoms with van der Waals surface area (Å²) >= 11 is 4.66. The maximum absolute atomic E-state index is 12.7. The van der Waals surface area contributed by atoms with E-state index >= 15 is 0 Å². The molecular weight excluding hydrogens is 454 g/mol. The highest BCUT2D eigenvalue weighted by molar-refractivity contribution is 9.10. The Morgan fingerprint density at radius 1 is 1.07 bits per heavy atom. The lowest BCUT2D eigenvalue weighted by molar-refractivity contribution is 0.103. The largest absolute Gasteiger partial charge is 0.454 e. The fourth-order valence-corrected chi connectivity index (χ4v) is 4.36. The van der Waals surface area contributed by atoms with Crippen LogP contribution in [0, 0.1) is 0 Å². The Morgan fingerprint density at radius 2 is 1.86 bits per heavy atom. The monoisotopic (exact) mass is 467 g/mol. The number of hydrogen-bond acceptors (Lipinski definition) is 6. The second-order valence-corrected chi connectivity index (χ2v) is 8.34. The lowest BCUT2D eigenvalue weighted by Crippen LogP contribution is -2.11. The molecule has 1 amide bonds. The van der Waals surface area contributed by atoms with Gasteiger partial charge in [0, 0.05) is 21.1 Å². The van der Waals surface area contributed by atoms with Crippen molar-refractivity contribution in [2.24, 2.45) is 0 Å². The lowest BCUT2D eigenvalue weighted by atomic mass is 10.1. The molecule has 5 rings (SSSR count). The molecule has 0 saturated carbocycles. The molecule has 1 aliphatic rings. The molecule has 29 heavy (non-hydrogen) atoms. The first kappa shape index (κ1) is 18.0. The molecule has 0 saturated heterocycles. The smallest absolute Gasteiger partial charge is 0.267 e. The number of benzene rings is 2. The number of carbonyl (C=O) groups is 1. The van der Waals surface area contributed by atoms with Gasteiger partial charge in [-0.05, 0) is 54.6 Å². The van der Waals surface area contributed by atoms with Crippen LogP contribution in [0.2, 0.25) is 0 Å². The molecule has 8 heteroatoms. The quantitative estimate of drug-likeness (QED) is 0.427. The number of rotatable bonds is 3. The number of anilines is 2. The van der Waals surface area contributed by atoms with E-state index in [0.717, 1.165) is 26.9 Å². The summed E-state index contributed by atoms with van der Waals surface area (Å²) in [6.45, 7) is 0.226. The van der Waals surface area contributed by atoms with E-state index in [-0.39, 0.29) is 12.7 Å². The SMILES string of the molecule is Nc1c(C(=O)Nc2ccc(Br)cc2)sc2nc(-c3ccc4c(c3)OCO4)ccc12. The van der Waals surface area contributed by atoms with Crippen LogP contribution in [-0.4, -0.2) is 17.7 Å². The molecule has 0 fully saturated rings. The number of thiophene rings is 1. The lowest BCUT2D eigenvalue weighted by Gasteiger charge is -2.04. The number of aromatic nitrogens is 1. The summed E-state index contributed by atoms with van der Waals surface area (Å²) < 4.78 is 11.7. The third-order valence-electron chi connectivity index (χ3n) is 4.57. The number of amides is 1. The minimum Gasteiger partial charge on any atom is -0.454 e. The van der Waals surface area contributed by atoms with E-state index < -0.39 is 0 Å². The maximum atomic E-state index is 12.7. The summed E-state index contributed by atoms with van der Waals surface area (Å²) in [5.74, 6) is 1.17. The first-order chi connectivity index (χ1) is 14.1. The van der Waals surface area contributed by atoms with Crippen molar-refractivity contribution in [3.05, 3.63) is 63.9 Å². The van der Waals surface area contributed by atoms with Crippen molar-refractivity contribution in [3.63, 3.8) is 0 Å². The van der Waals surface area contributed by atoms with Gasteiger partial charge in [0.05, 0.1) is 11.4 Å². The average Bonchev–Trinajstić information content (AvgIpc) is 3.33. The Morgan fingerprint density at radius 3 is 2.69 bits per heavy atom. The fraction of sp³-hybridized carbons (Fsp3) is 0.0476. The predicted molar refractivity (Wildman–Crippen MR) is 118 cm³/mol. The summed E-state index contributed by atoms with van der Waals surface area (Å²) in [6.07, 6.45) is 0. The van der Waals surface area contributed by atoms with Crippen molar-refractivity contribution in [2.45, 2.75) is 0 Å². The van der Waals surface area contributed by atoms with E-state index in [1.54, 1.807) is 0 Å². The van der Waals surface area contributed by atoms with Crippen LogP contribution >= 0.6 is 27.3 Å². The molecule has 3 N–H and O–H groups in total. The van der Waals surface area contributed by atoms with Crippen molar-refractivity contribution in [1.29, 1.82) is 0 Å². The normalized spacial score (nSPS) is 12.3. The second kappa shape index (κ2) is 7.06. The standard InChI is InChI=1S/C21H14BrN3O3S/c22-12-2-4-13(5-3-12)24-20(26)19-18(23)14-6-7-15(25-21(14)29-19)11-1-8-16-17(9-11)28-10-27-16/h1-9H,10,23H2,(H,24,26). The molecule has 4 aromatic rings. The van der Waals surface area contributed by atoms with Gasteiger partial charge in [0.25, 0.3) is 5.91 Å². The number of fused-ring (bicyclic) bond motifs is 2. The van der Waals surface area contributed by atoms with Gasteiger partial charge >= 0.3 is 0 Å². The van der Waals surface area contributed by atoms with Crippen molar-refractivity contribution < 1.29 is 14.3 Å². The predicted octanol–water partition coefficient (Wildman–Crippen LogP) is 5.29. The number of halogens is 1. The minimum absolute atomic E-state index is 0.226. The first-order valence-electron chi connectivity index (χ1n) is 8.74. The number of carbonyl (C=O) groups excluding carboxylic acids is 1. The van der Waals surface area contributed by atoms with Crippen LogP contribution in [0.15, 0.2) is 59.1 Å². The Kier molecular flexibility index (Phi) is 4.37. The number of nitrogen functional groups attached to an aromatic ring is 1.